The number of ether oxygens (including phenoxy) is 2. The van der Waals surface area contributed by atoms with E-state index in [0.717, 1.165) is 11.5 Å². The van der Waals surface area contributed by atoms with E-state index in [9.17, 15) is 10.2 Å². The van der Waals surface area contributed by atoms with Gasteiger partial charge in [0.15, 0.2) is 6.29 Å². The van der Waals surface area contributed by atoms with Gasteiger partial charge in [-0.3, -0.25) is 0 Å². The average Bonchev–Trinajstić information content (AvgIpc) is 2.88. The molecule has 0 spiro atoms. The largest absolute Gasteiger partial charge is 0.394 e. The summed E-state index contributed by atoms with van der Waals surface area (Å²) in [5, 5.41) is 32.2. The number of nitrogens with one attached hydrogen (secondary N) is 1. The van der Waals surface area contributed by atoms with Crippen molar-refractivity contribution in [1.82, 2.24) is 9.36 Å². The normalized spacial score (nSPS) is 36.6. The van der Waals surface area contributed by atoms with Gasteiger partial charge in [0, 0.05) is 18.6 Å². The third-order valence-corrected chi connectivity index (χ3v) is 3.36. The van der Waals surface area contributed by atoms with Crippen molar-refractivity contribution in [1.29, 1.82) is 0 Å². The van der Waals surface area contributed by atoms with Crippen molar-refractivity contribution in [2.75, 3.05) is 19.0 Å². The molecule has 1 fully saturated rings. The van der Waals surface area contributed by atoms with E-state index in [4.69, 9.17) is 14.6 Å². The van der Waals surface area contributed by atoms with Crippen molar-refractivity contribution in [3.8, 4) is 0 Å². The van der Waals surface area contributed by atoms with Crippen LogP contribution in [0.15, 0.2) is 6.33 Å². The van der Waals surface area contributed by atoms with E-state index in [2.05, 4.69) is 14.7 Å². The number of hydrogen-bond donors (Lipinski definition) is 4. The van der Waals surface area contributed by atoms with E-state index in [1.807, 2.05) is 0 Å². The summed E-state index contributed by atoms with van der Waals surface area (Å²) in [6.45, 7) is -0.399. The number of aliphatic hydroxyl groups excluding tert-OH is 3. The van der Waals surface area contributed by atoms with Crippen LogP contribution in [-0.4, -0.2) is 69.0 Å². The molecule has 0 aromatic carbocycles. The molecule has 1 aromatic rings. The van der Waals surface area contributed by atoms with Crippen LogP contribution in [0.3, 0.4) is 0 Å². The first-order chi connectivity index (χ1) is 8.67. The number of nitrogens with zero attached hydrogens (tertiary/aromatic N) is 2. The van der Waals surface area contributed by atoms with E-state index in [1.54, 1.807) is 0 Å². The maximum Gasteiger partial charge on any atom is 0.202 e. The Hall–Kier alpha value is -0.840. The Bertz CT molecular complexity index is 363. The van der Waals surface area contributed by atoms with Crippen molar-refractivity contribution in [2.24, 2.45) is 0 Å². The van der Waals surface area contributed by atoms with Crippen molar-refractivity contribution < 1.29 is 24.8 Å². The highest BCUT2D eigenvalue weighted by Gasteiger charge is 2.44. The number of rotatable bonds is 4. The highest BCUT2D eigenvalue weighted by molar-refractivity contribution is 7.09. The first-order valence-corrected chi connectivity index (χ1v) is 6.13. The monoisotopic (exact) mass is 277 g/mol. The van der Waals surface area contributed by atoms with E-state index in [0.29, 0.717) is 5.13 Å². The quantitative estimate of drug-likeness (QED) is 0.520. The van der Waals surface area contributed by atoms with Gasteiger partial charge in [0.1, 0.15) is 30.7 Å². The second-order valence-electron chi connectivity index (χ2n) is 3.86. The molecule has 0 saturated carbocycles. The SMILES string of the molecule is CO[C@@H]1O[C@H](CO)[C@H](O)[C@H](O)[C@@H]1Nc1ncns1. The molecule has 0 amide bonds. The van der Waals surface area contributed by atoms with Crippen LogP contribution >= 0.6 is 11.5 Å². The zero-order valence-corrected chi connectivity index (χ0v) is 10.4. The van der Waals surface area contributed by atoms with Gasteiger partial charge < -0.3 is 30.1 Å². The molecular weight excluding hydrogens is 262 g/mol. The summed E-state index contributed by atoms with van der Waals surface area (Å²) in [6.07, 6.45) is -2.66. The van der Waals surface area contributed by atoms with Crippen molar-refractivity contribution in [3.63, 3.8) is 0 Å². The molecule has 2 heterocycles. The van der Waals surface area contributed by atoms with Gasteiger partial charge in [0.2, 0.25) is 5.13 Å². The summed E-state index contributed by atoms with van der Waals surface area (Å²) in [5.41, 5.74) is 0. The third-order valence-electron chi connectivity index (χ3n) is 2.76. The Morgan fingerprint density at radius 1 is 1.50 bits per heavy atom. The van der Waals surface area contributed by atoms with Crippen LogP contribution in [0, 0.1) is 0 Å². The highest BCUT2D eigenvalue weighted by atomic mass is 32.1. The lowest BCUT2D eigenvalue weighted by Gasteiger charge is -2.41. The van der Waals surface area contributed by atoms with E-state index in [-0.39, 0.29) is 0 Å². The fraction of sp³-hybridized carbons (Fsp3) is 0.778. The van der Waals surface area contributed by atoms with Crippen LogP contribution in [0.2, 0.25) is 0 Å². The maximum atomic E-state index is 10.0. The van der Waals surface area contributed by atoms with Crippen molar-refractivity contribution in [3.05, 3.63) is 6.33 Å². The highest BCUT2D eigenvalue weighted by Crippen LogP contribution is 2.24. The molecule has 1 aliphatic rings. The molecule has 9 heteroatoms. The summed E-state index contributed by atoms with van der Waals surface area (Å²) in [7, 11) is 1.41. The minimum atomic E-state index is -1.20. The molecular formula is C9H15N3O5S. The Labute approximate surface area is 107 Å². The Kier molecular flexibility index (Phi) is 4.43. The molecule has 1 saturated heterocycles. The van der Waals surface area contributed by atoms with Crippen LogP contribution in [0.5, 0.6) is 0 Å². The van der Waals surface area contributed by atoms with Crippen molar-refractivity contribution in [2.45, 2.75) is 30.6 Å². The van der Waals surface area contributed by atoms with Gasteiger partial charge in [-0.25, -0.2) is 4.98 Å². The molecule has 1 aliphatic heterocycles. The number of aromatic nitrogens is 2. The number of aliphatic hydroxyl groups is 3. The van der Waals surface area contributed by atoms with Gasteiger partial charge in [-0.05, 0) is 0 Å². The lowest BCUT2D eigenvalue weighted by Crippen LogP contribution is -2.61. The first-order valence-electron chi connectivity index (χ1n) is 5.35. The lowest BCUT2D eigenvalue weighted by molar-refractivity contribution is -0.254. The number of anilines is 1. The minimum absolute atomic E-state index is 0.399. The molecule has 0 radical (unpaired) electrons. The first kappa shape index (κ1) is 13.6. The average molecular weight is 277 g/mol. The summed E-state index contributed by atoms with van der Waals surface area (Å²) in [4.78, 5) is 3.92. The minimum Gasteiger partial charge on any atom is -0.394 e. The summed E-state index contributed by atoms with van der Waals surface area (Å²) in [6, 6.07) is -0.694. The van der Waals surface area contributed by atoms with Gasteiger partial charge in [0.25, 0.3) is 0 Å². The van der Waals surface area contributed by atoms with Crippen LogP contribution in [0.4, 0.5) is 5.13 Å². The number of methoxy groups -OCH3 is 1. The molecule has 102 valence electrons. The zero-order chi connectivity index (χ0) is 13.1. The Morgan fingerprint density at radius 3 is 2.83 bits per heavy atom. The fourth-order valence-corrected chi connectivity index (χ4v) is 2.29. The van der Waals surface area contributed by atoms with Gasteiger partial charge >= 0.3 is 0 Å². The molecule has 0 aliphatic carbocycles. The maximum absolute atomic E-state index is 10.0. The van der Waals surface area contributed by atoms with Gasteiger partial charge in [-0.1, -0.05) is 0 Å². The standard InChI is InChI=1S/C9H15N3O5S/c1-16-8-5(12-9-10-3-11-18-9)7(15)6(14)4(2-13)17-8/h3-8,13-15H,2H2,1H3,(H,10,11,12)/t4-,5+,6+,7-,8-/m1/s1. The molecule has 0 unspecified atom stereocenters. The molecule has 4 N–H and O–H groups in total. The van der Waals surface area contributed by atoms with Crippen LogP contribution in [-0.2, 0) is 9.47 Å². The number of hydrogen-bond acceptors (Lipinski definition) is 9. The lowest BCUT2D eigenvalue weighted by atomic mass is 9.97. The zero-order valence-electron chi connectivity index (χ0n) is 9.63. The van der Waals surface area contributed by atoms with E-state index < -0.39 is 37.3 Å². The molecule has 2 rings (SSSR count). The van der Waals surface area contributed by atoms with Crippen LogP contribution in [0.25, 0.3) is 0 Å². The van der Waals surface area contributed by atoms with E-state index in [1.165, 1.54) is 13.4 Å². The van der Waals surface area contributed by atoms with E-state index >= 15 is 0 Å². The Morgan fingerprint density at radius 2 is 2.28 bits per heavy atom. The predicted octanol–water partition coefficient (Wildman–Crippen LogP) is -1.60. The van der Waals surface area contributed by atoms with Crippen molar-refractivity contribution >= 4 is 16.7 Å². The topological polar surface area (TPSA) is 117 Å². The summed E-state index contributed by atoms with van der Waals surface area (Å²) >= 11 is 1.11. The van der Waals surface area contributed by atoms with Crippen LogP contribution < -0.4 is 5.32 Å². The van der Waals surface area contributed by atoms with Gasteiger partial charge in [-0.15, -0.1) is 0 Å². The molecule has 5 atom stereocenters. The molecule has 8 nitrogen and oxygen atoms in total. The third kappa shape index (κ3) is 2.60. The van der Waals surface area contributed by atoms with Crippen LogP contribution in [0.1, 0.15) is 0 Å². The molecule has 18 heavy (non-hydrogen) atoms. The second-order valence-corrected chi connectivity index (χ2v) is 4.64. The van der Waals surface area contributed by atoms with Gasteiger partial charge in [0.05, 0.1) is 6.61 Å². The smallest absolute Gasteiger partial charge is 0.202 e. The molecule has 1 aromatic heterocycles. The fourth-order valence-electron chi connectivity index (χ4n) is 1.82. The summed E-state index contributed by atoms with van der Waals surface area (Å²) in [5.74, 6) is 0. The molecule has 0 bridgehead atoms. The van der Waals surface area contributed by atoms with Gasteiger partial charge in [-0.2, -0.15) is 4.37 Å². The predicted molar refractivity (Wildman–Crippen MR) is 62.1 cm³/mol. The summed E-state index contributed by atoms with van der Waals surface area (Å²) < 4.78 is 14.2. The Balaban J connectivity index is 2.11. The second kappa shape index (κ2) is 5.87.